The molecule has 1 amide bonds. The molecule has 0 fully saturated rings. The van der Waals surface area contributed by atoms with Crippen molar-refractivity contribution in [2.24, 2.45) is 4.99 Å². The molecule has 0 saturated heterocycles. The fourth-order valence-corrected chi connectivity index (χ4v) is 3.47. The van der Waals surface area contributed by atoms with Crippen molar-refractivity contribution in [1.82, 2.24) is 4.90 Å². The second-order valence-electron chi connectivity index (χ2n) is 6.21. The van der Waals surface area contributed by atoms with E-state index in [9.17, 15) is 9.59 Å². The van der Waals surface area contributed by atoms with E-state index in [2.05, 4.69) is 4.99 Å². The fourth-order valence-electron chi connectivity index (χ4n) is 2.77. The van der Waals surface area contributed by atoms with E-state index >= 15 is 0 Å². The maximum absolute atomic E-state index is 12.2. The lowest BCUT2D eigenvalue weighted by molar-refractivity contribution is -0.114. The molecule has 0 spiro atoms. The zero-order chi connectivity index (χ0) is 19.7. The molecule has 2 aliphatic rings. The first-order chi connectivity index (χ1) is 13.5. The molecule has 1 N–H and O–H groups in total. The van der Waals surface area contributed by atoms with E-state index in [1.807, 2.05) is 13.0 Å². The summed E-state index contributed by atoms with van der Waals surface area (Å²) >= 11 is 1.31. The first-order valence-corrected chi connectivity index (χ1v) is 9.34. The van der Waals surface area contributed by atoms with E-state index in [1.165, 1.54) is 11.8 Å². The molecule has 138 valence electrons. The van der Waals surface area contributed by atoms with Crippen LogP contribution in [0.5, 0.6) is 5.75 Å². The SMILES string of the molecule is Cc1cccc(C(=O)Oc2ccc(C=C3C(=N)N4C=CSC4=NC3=O)cc2)c1. The lowest BCUT2D eigenvalue weighted by atomic mass is 10.1. The number of aliphatic imine (C=N–C) groups is 1. The van der Waals surface area contributed by atoms with Gasteiger partial charge in [-0.15, -0.1) is 0 Å². The molecule has 2 aromatic carbocycles. The number of carbonyl (C=O) groups is 2. The Morgan fingerprint density at radius 3 is 2.75 bits per heavy atom. The van der Waals surface area contributed by atoms with Crippen LogP contribution in [0.25, 0.3) is 6.08 Å². The van der Waals surface area contributed by atoms with Crippen LogP contribution >= 0.6 is 11.8 Å². The second kappa shape index (κ2) is 7.28. The first-order valence-electron chi connectivity index (χ1n) is 8.46. The zero-order valence-corrected chi connectivity index (χ0v) is 15.7. The molecule has 28 heavy (non-hydrogen) atoms. The van der Waals surface area contributed by atoms with Gasteiger partial charge < -0.3 is 4.74 Å². The van der Waals surface area contributed by atoms with Crippen LogP contribution in [0.1, 0.15) is 21.5 Å². The van der Waals surface area contributed by atoms with Crippen molar-refractivity contribution in [3.8, 4) is 5.75 Å². The number of nitrogens with one attached hydrogen (secondary N) is 1. The predicted molar refractivity (Wildman–Crippen MR) is 109 cm³/mol. The number of nitrogens with zero attached hydrogens (tertiary/aromatic N) is 2. The Bertz CT molecular complexity index is 1080. The topological polar surface area (TPSA) is 82.8 Å². The average molecular weight is 389 g/mol. The van der Waals surface area contributed by atoms with E-state index in [1.54, 1.807) is 65.0 Å². The van der Waals surface area contributed by atoms with Crippen LogP contribution < -0.4 is 4.74 Å². The fraction of sp³-hybridized carbons (Fsp3) is 0.0476. The van der Waals surface area contributed by atoms with Gasteiger partial charge in [-0.25, -0.2) is 4.79 Å². The minimum absolute atomic E-state index is 0.0891. The molecule has 7 heteroatoms. The normalized spacial score (nSPS) is 17.0. The highest BCUT2D eigenvalue weighted by atomic mass is 32.2. The van der Waals surface area contributed by atoms with Gasteiger partial charge in [-0.05, 0) is 48.2 Å². The number of amidine groups is 2. The highest BCUT2D eigenvalue weighted by molar-refractivity contribution is 8.16. The summed E-state index contributed by atoms with van der Waals surface area (Å²) < 4.78 is 5.39. The Balaban J connectivity index is 1.51. The predicted octanol–water partition coefficient (Wildman–Crippen LogP) is 3.99. The van der Waals surface area contributed by atoms with Gasteiger partial charge in [-0.3, -0.25) is 15.1 Å². The average Bonchev–Trinajstić information content (AvgIpc) is 3.15. The molecule has 0 aromatic heterocycles. The zero-order valence-electron chi connectivity index (χ0n) is 14.9. The van der Waals surface area contributed by atoms with Crippen LogP contribution in [0.2, 0.25) is 0 Å². The van der Waals surface area contributed by atoms with Crippen molar-refractivity contribution in [3.63, 3.8) is 0 Å². The number of aryl methyl sites for hydroxylation is 1. The molecule has 4 rings (SSSR count). The van der Waals surface area contributed by atoms with E-state index in [4.69, 9.17) is 10.1 Å². The molecule has 0 radical (unpaired) electrons. The van der Waals surface area contributed by atoms with Crippen molar-refractivity contribution in [2.75, 3.05) is 0 Å². The summed E-state index contributed by atoms with van der Waals surface area (Å²) in [6.07, 6.45) is 3.31. The van der Waals surface area contributed by atoms with Gasteiger partial charge in [0.1, 0.15) is 11.6 Å². The van der Waals surface area contributed by atoms with Gasteiger partial charge in [0.25, 0.3) is 5.91 Å². The number of fused-ring (bicyclic) bond motifs is 1. The molecule has 6 nitrogen and oxygen atoms in total. The Morgan fingerprint density at radius 2 is 2.00 bits per heavy atom. The number of hydrogen-bond acceptors (Lipinski definition) is 5. The highest BCUT2D eigenvalue weighted by Crippen LogP contribution is 2.27. The minimum atomic E-state index is -0.442. The van der Waals surface area contributed by atoms with Crippen molar-refractivity contribution in [1.29, 1.82) is 5.41 Å². The first kappa shape index (κ1) is 17.9. The van der Waals surface area contributed by atoms with Gasteiger partial charge in [0.15, 0.2) is 5.17 Å². The third-order valence-electron chi connectivity index (χ3n) is 4.17. The standard InChI is InChI=1S/C21H15N3O3S/c1-13-3-2-4-15(11-13)20(26)27-16-7-5-14(6-8-16)12-17-18(22)24-9-10-28-21(24)23-19(17)25/h2-12,22H,1H3. The minimum Gasteiger partial charge on any atom is -0.423 e. The van der Waals surface area contributed by atoms with Crippen molar-refractivity contribution in [3.05, 3.63) is 82.4 Å². The van der Waals surface area contributed by atoms with Gasteiger partial charge in [0.05, 0.1) is 11.1 Å². The Hall–Kier alpha value is -3.45. The summed E-state index contributed by atoms with van der Waals surface area (Å²) in [6, 6.07) is 13.9. The van der Waals surface area contributed by atoms with Crippen molar-refractivity contribution < 1.29 is 14.3 Å². The lowest BCUT2D eigenvalue weighted by Gasteiger charge is -2.22. The van der Waals surface area contributed by atoms with Crippen LogP contribution in [0, 0.1) is 12.3 Å². The molecular weight excluding hydrogens is 374 g/mol. The monoisotopic (exact) mass is 389 g/mol. The number of ether oxygens (including phenoxy) is 1. The summed E-state index contributed by atoms with van der Waals surface area (Å²) in [7, 11) is 0. The number of rotatable bonds is 3. The van der Waals surface area contributed by atoms with Gasteiger partial charge in [0, 0.05) is 6.20 Å². The molecular formula is C21H15N3O3S. The van der Waals surface area contributed by atoms with Gasteiger partial charge in [-0.2, -0.15) is 4.99 Å². The molecule has 0 saturated carbocycles. The Kier molecular flexibility index (Phi) is 4.67. The number of thioether (sulfide) groups is 1. The summed E-state index contributed by atoms with van der Waals surface area (Å²) in [5.74, 6) is -0.384. The van der Waals surface area contributed by atoms with Gasteiger partial charge >= 0.3 is 5.97 Å². The number of amides is 1. The Morgan fingerprint density at radius 1 is 1.21 bits per heavy atom. The lowest BCUT2D eigenvalue weighted by Crippen LogP contribution is -2.35. The number of hydrogen-bond donors (Lipinski definition) is 1. The molecule has 0 atom stereocenters. The molecule has 0 unspecified atom stereocenters. The molecule has 2 aromatic rings. The van der Waals surface area contributed by atoms with E-state index in [0.29, 0.717) is 22.0 Å². The maximum atomic E-state index is 12.2. The second-order valence-corrected chi connectivity index (χ2v) is 7.08. The largest absolute Gasteiger partial charge is 0.423 e. The third-order valence-corrected chi connectivity index (χ3v) is 4.93. The summed E-state index contributed by atoms with van der Waals surface area (Å²) in [4.78, 5) is 30.0. The highest BCUT2D eigenvalue weighted by Gasteiger charge is 2.30. The summed E-state index contributed by atoms with van der Waals surface area (Å²) in [5.41, 5.74) is 2.38. The van der Waals surface area contributed by atoms with Crippen LogP contribution in [-0.4, -0.2) is 27.8 Å². The summed E-state index contributed by atoms with van der Waals surface area (Å²) in [5, 5.41) is 10.5. The van der Waals surface area contributed by atoms with Gasteiger partial charge in [-0.1, -0.05) is 41.6 Å². The van der Waals surface area contributed by atoms with E-state index < -0.39 is 11.9 Å². The third kappa shape index (κ3) is 3.52. The van der Waals surface area contributed by atoms with Crippen LogP contribution in [-0.2, 0) is 4.79 Å². The van der Waals surface area contributed by atoms with Gasteiger partial charge in [0.2, 0.25) is 0 Å². The van der Waals surface area contributed by atoms with Crippen molar-refractivity contribution >= 4 is 40.7 Å². The van der Waals surface area contributed by atoms with Crippen LogP contribution in [0.3, 0.4) is 0 Å². The van der Waals surface area contributed by atoms with E-state index in [0.717, 1.165) is 5.56 Å². The smallest absolute Gasteiger partial charge is 0.343 e. The number of benzene rings is 2. The number of esters is 1. The Labute approximate surface area is 165 Å². The molecule has 0 aliphatic carbocycles. The molecule has 2 heterocycles. The summed E-state index contributed by atoms with van der Waals surface area (Å²) in [6.45, 7) is 1.91. The molecule has 2 aliphatic heterocycles. The van der Waals surface area contributed by atoms with Crippen LogP contribution in [0.4, 0.5) is 0 Å². The molecule has 0 bridgehead atoms. The quantitative estimate of drug-likeness (QED) is 0.488. The van der Waals surface area contributed by atoms with Crippen molar-refractivity contribution in [2.45, 2.75) is 6.92 Å². The maximum Gasteiger partial charge on any atom is 0.343 e. The van der Waals surface area contributed by atoms with E-state index in [-0.39, 0.29) is 11.4 Å². The van der Waals surface area contributed by atoms with Crippen LogP contribution in [0.15, 0.2) is 70.7 Å². The number of carbonyl (C=O) groups excluding carboxylic acids is 2.